The minimum atomic E-state index is 0.0243. The summed E-state index contributed by atoms with van der Waals surface area (Å²) in [5.74, 6) is 0. The van der Waals surface area contributed by atoms with Crippen molar-refractivity contribution in [3.63, 3.8) is 0 Å². The Morgan fingerprint density at radius 2 is 1.70 bits per heavy atom. The lowest BCUT2D eigenvalue weighted by molar-refractivity contribution is 0.157. The molecule has 120 valence electrons. The molecule has 0 aliphatic carbocycles. The molecule has 0 radical (unpaired) electrons. The molecule has 0 aromatic heterocycles. The highest BCUT2D eigenvalue weighted by atomic mass is 16.2. The van der Waals surface area contributed by atoms with Gasteiger partial charge in [0, 0.05) is 32.2 Å². The average molecular weight is 309 g/mol. The van der Waals surface area contributed by atoms with Crippen molar-refractivity contribution in [2.75, 3.05) is 19.6 Å². The maximum Gasteiger partial charge on any atom is 0.318 e. The number of nitrogens with zero attached hydrogens (tertiary/aromatic N) is 1. The monoisotopic (exact) mass is 309 g/mol. The predicted molar refractivity (Wildman–Crippen MR) is 92.2 cm³/mol. The van der Waals surface area contributed by atoms with Gasteiger partial charge in [-0.2, -0.15) is 0 Å². The Morgan fingerprint density at radius 3 is 2.39 bits per heavy atom. The Hall–Kier alpha value is -2.33. The molecule has 2 aromatic rings. The number of carbonyl (C=O) groups excluding carboxylic acids is 1. The Morgan fingerprint density at radius 1 is 1.04 bits per heavy atom. The summed E-state index contributed by atoms with van der Waals surface area (Å²) in [6.45, 7) is 3.01. The van der Waals surface area contributed by atoms with Crippen LogP contribution in [0.2, 0.25) is 0 Å². The van der Waals surface area contributed by atoms with Crippen LogP contribution in [-0.4, -0.2) is 36.6 Å². The van der Waals surface area contributed by atoms with E-state index >= 15 is 0 Å². The largest absolute Gasteiger partial charge is 0.334 e. The molecule has 3 rings (SSSR count). The molecule has 4 heteroatoms. The van der Waals surface area contributed by atoms with Crippen LogP contribution in [0.25, 0.3) is 0 Å². The molecule has 1 aliphatic heterocycles. The highest BCUT2D eigenvalue weighted by Gasteiger charge is 2.26. The molecule has 1 unspecified atom stereocenters. The van der Waals surface area contributed by atoms with Gasteiger partial charge in [0.2, 0.25) is 0 Å². The van der Waals surface area contributed by atoms with E-state index in [2.05, 4.69) is 22.8 Å². The van der Waals surface area contributed by atoms with E-state index in [9.17, 15) is 4.79 Å². The maximum atomic E-state index is 12.6. The molecule has 2 N–H and O–H groups in total. The smallest absolute Gasteiger partial charge is 0.318 e. The molecule has 0 saturated carbocycles. The van der Waals surface area contributed by atoms with E-state index in [1.165, 1.54) is 5.56 Å². The van der Waals surface area contributed by atoms with Crippen LogP contribution < -0.4 is 10.6 Å². The van der Waals surface area contributed by atoms with Crippen molar-refractivity contribution in [2.45, 2.75) is 19.0 Å². The first-order valence-corrected chi connectivity index (χ1v) is 8.16. The van der Waals surface area contributed by atoms with Crippen molar-refractivity contribution < 1.29 is 4.79 Å². The van der Waals surface area contributed by atoms with Crippen LogP contribution in [0.1, 0.15) is 11.1 Å². The number of carbonyl (C=O) groups is 1. The molecule has 23 heavy (non-hydrogen) atoms. The van der Waals surface area contributed by atoms with Crippen LogP contribution in [0, 0.1) is 0 Å². The highest BCUT2D eigenvalue weighted by molar-refractivity contribution is 5.74. The van der Waals surface area contributed by atoms with Gasteiger partial charge < -0.3 is 15.5 Å². The third-order valence-corrected chi connectivity index (χ3v) is 4.21. The molecule has 1 atom stereocenters. The summed E-state index contributed by atoms with van der Waals surface area (Å²) < 4.78 is 0. The summed E-state index contributed by atoms with van der Waals surface area (Å²) >= 11 is 0. The van der Waals surface area contributed by atoms with E-state index in [1.807, 2.05) is 53.4 Å². The lowest BCUT2D eigenvalue weighted by atomic mass is 10.0. The van der Waals surface area contributed by atoms with Crippen molar-refractivity contribution in [3.05, 3.63) is 71.8 Å². The lowest BCUT2D eigenvalue weighted by Crippen LogP contribution is -2.57. The van der Waals surface area contributed by atoms with Gasteiger partial charge in [-0.25, -0.2) is 4.79 Å². The molecule has 1 fully saturated rings. The van der Waals surface area contributed by atoms with E-state index in [0.717, 1.165) is 31.6 Å². The number of piperazine rings is 1. The Kier molecular flexibility index (Phi) is 5.27. The average Bonchev–Trinajstić information content (AvgIpc) is 2.62. The normalized spacial score (nSPS) is 17.7. The summed E-state index contributed by atoms with van der Waals surface area (Å²) in [5.41, 5.74) is 2.39. The predicted octanol–water partition coefficient (Wildman–Crippen LogP) is 2.41. The fourth-order valence-electron chi connectivity index (χ4n) is 2.97. The number of rotatable bonds is 4. The zero-order chi connectivity index (χ0) is 15.9. The summed E-state index contributed by atoms with van der Waals surface area (Å²) in [7, 11) is 0. The molecule has 1 heterocycles. The number of nitrogens with one attached hydrogen (secondary N) is 2. The Balaban J connectivity index is 1.60. The third-order valence-electron chi connectivity index (χ3n) is 4.21. The van der Waals surface area contributed by atoms with Crippen molar-refractivity contribution in [2.24, 2.45) is 0 Å². The van der Waals surface area contributed by atoms with Gasteiger partial charge in [0.1, 0.15) is 0 Å². The second-order valence-corrected chi connectivity index (χ2v) is 5.89. The van der Waals surface area contributed by atoms with Crippen LogP contribution in [0.15, 0.2) is 60.7 Å². The van der Waals surface area contributed by atoms with Gasteiger partial charge in [0.05, 0.1) is 0 Å². The summed E-state index contributed by atoms with van der Waals surface area (Å²) in [6, 6.07) is 20.6. The molecule has 4 nitrogen and oxygen atoms in total. The van der Waals surface area contributed by atoms with Crippen molar-refractivity contribution in [1.82, 2.24) is 15.5 Å². The lowest BCUT2D eigenvalue weighted by Gasteiger charge is -2.36. The second-order valence-electron chi connectivity index (χ2n) is 5.89. The van der Waals surface area contributed by atoms with Crippen LogP contribution >= 0.6 is 0 Å². The standard InChI is InChI=1S/C19H23N3O/c23-19(21-14-17-9-5-2-6-10-17)22-12-11-20-15-18(22)13-16-7-3-1-4-8-16/h1-10,18,20H,11-15H2,(H,21,23). The number of benzene rings is 2. The van der Waals surface area contributed by atoms with Gasteiger partial charge in [0.15, 0.2) is 0 Å². The highest BCUT2D eigenvalue weighted by Crippen LogP contribution is 2.11. The number of hydrogen-bond donors (Lipinski definition) is 2. The van der Waals surface area contributed by atoms with E-state index in [-0.39, 0.29) is 12.1 Å². The van der Waals surface area contributed by atoms with E-state index in [4.69, 9.17) is 0 Å². The van der Waals surface area contributed by atoms with Crippen LogP contribution in [0.3, 0.4) is 0 Å². The Labute approximate surface area is 137 Å². The van der Waals surface area contributed by atoms with Crippen LogP contribution in [0.4, 0.5) is 4.79 Å². The van der Waals surface area contributed by atoms with E-state index in [1.54, 1.807) is 0 Å². The zero-order valence-electron chi connectivity index (χ0n) is 13.2. The summed E-state index contributed by atoms with van der Waals surface area (Å²) in [6.07, 6.45) is 0.882. The van der Waals surface area contributed by atoms with Gasteiger partial charge in [-0.3, -0.25) is 0 Å². The minimum absolute atomic E-state index is 0.0243. The van der Waals surface area contributed by atoms with E-state index in [0.29, 0.717) is 6.54 Å². The first-order chi connectivity index (χ1) is 11.3. The number of hydrogen-bond acceptors (Lipinski definition) is 2. The molecule has 2 aromatic carbocycles. The second kappa shape index (κ2) is 7.79. The van der Waals surface area contributed by atoms with Gasteiger partial charge >= 0.3 is 6.03 Å². The molecule has 0 spiro atoms. The van der Waals surface area contributed by atoms with Crippen LogP contribution in [-0.2, 0) is 13.0 Å². The molecular formula is C19H23N3O. The first kappa shape index (κ1) is 15.6. The molecule has 1 aliphatic rings. The fraction of sp³-hybridized carbons (Fsp3) is 0.316. The first-order valence-electron chi connectivity index (χ1n) is 8.16. The fourth-order valence-corrected chi connectivity index (χ4v) is 2.97. The van der Waals surface area contributed by atoms with Gasteiger partial charge in [-0.05, 0) is 17.5 Å². The number of urea groups is 1. The molecule has 1 saturated heterocycles. The Bertz CT molecular complexity index is 615. The molecule has 2 amide bonds. The summed E-state index contributed by atoms with van der Waals surface area (Å²) in [5, 5.41) is 6.44. The quantitative estimate of drug-likeness (QED) is 0.911. The van der Waals surface area contributed by atoms with Crippen molar-refractivity contribution in [1.29, 1.82) is 0 Å². The van der Waals surface area contributed by atoms with Crippen molar-refractivity contribution >= 4 is 6.03 Å². The molecule has 0 bridgehead atoms. The topological polar surface area (TPSA) is 44.4 Å². The summed E-state index contributed by atoms with van der Waals surface area (Å²) in [4.78, 5) is 14.5. The van der Waals surface area contributed by atoms with Gasteiger partial charge in [0.25, 0.3) is 0 Å². The SMILES string of the molecule is O=C(NCc1ccccc1)N1CCNCC1Cc1ccccc1. The van der Waals surface area contributed by atoms with Crippen molar-refractivity contribution in [3.8, 4) is 0 Å². The zero-order valence-corrected chi connectivity index (χ0v) is 13.2. The number of amides is 2. The third kappa shape index (κ3) is 4.33. The van der Waals surface area contributed by atoms with Gasteiger partial charge in [-0.15, -0.1) is 0 Å². The molecular weight excluding hydrogens is 286 g/mol. The van der Waals surface area contributed by atoms with Crippen LogP contribution in [0.5, 0.6) is 0 Å². The van der Waals surface area contributed by atoms with E-state index < -0.39 is 0 Å². The minimum Gasteiger partial charge on any atom is -0.334 e. The maximum absolute atomic E-state index is 12.6. The van der Waals surface area contributed by atoms with Gasteiger partial charge in [-0.1, -0.05) is 60.7 Å².